The van der Waals surface area contributed by atoms with Crippen molar-refractivity contribution >= 4 is 71.7 Å². The van der Waals surface area contributed by atoms with Crippen LogP contribution < -0.4 is 15.1 Å². The zero-order valence-corrected chi connectivity index (χ0v) is 20.3. The normalized spacial score (nSPS) is 23.1. The number of fused-ring (bicyclic) bond motifs is 1. The van der Waals surface area contributed by atoms with Gasteiger partial charge in [0.15, 0.2) is 5.69 Å². The Balaban J connectivity index is 0.00000304. The summed E-state index contributed by atoms with van der Waals surface area (Å²) in [5, 5.41) is 22.3. The van der Waals surface area contributed by atoms with Crippen LogP contribution in [0.1, 0.15) is 39.5 Å². The molecular weight excluding hydrogens is 506 g/mol. The Kier molecular flexibility index (Phi) is 7.49. The summed E-state index contributed by atoms with van der Waals surface area (Å²) in [6, 6.07) is 1.45. The summed E-state index contributed by atoms with van der Waals surface area (Å²) in [5.74, 6) is -1.46. The van der Waals surface area contributed by atoms with E-state index in [1.165, 1.54) is 6.07 Å². The first-order valence-electron chi connectivity index (χ1n) is 11.3. The number of nitrogens with zero attached hydrogens (tertiary/aromatic N) is 4. The Bertz CT molecular complexity index is 1210. The monoisotopic (exact) mass is 530 g/mol. The number of hydrogen-bond acceptors (Lipinski definition) is 7. The molecule has 0 radical (unpaired) electrons. The van der Waals surface area contributed by atoms with Crippen molar-refractivity contribution in [2.75, 3.05) is 36.0 Å². The fraction of sp³-hybridized carbons (Fsp3) is 0.500. The topological polar surface area (TPSA) is 152 Å². The van der Waals surface area contributed by atoms with E-state index in [4.69, 9.17) is 23.2 Å². The van der Waals surface area contributed by atoms with Crippen molar-refractivity contribution in [1.82, 2.24) is 20.3 Å². The summed E-state index contributed by atoms with van der Waals surface area (Å²) in [6.07, 6.45) is 0.909. The van der Waals surface area contributed by atoms with Crippen LogP contribution in [-0.4, -0.2) is 94.1 Å². The molecule has 188 valence electrons. The Morgan fingerprint density at radius 1 is 1.06 bits per heavy atom. The Morgan fingerprint density at radius 3 is 2.22 bits per heavy atom. The number of halogens is 2. The van der Waals surface area contributed by atoms with Crippen LogP contribution in [0, 0.1) is 24.7 Å². The van der Waals surface area contributed by atoms with Crippen molar-refractivity contribution in [3.63, 3.8) is 0 Å². The molecule has 2 aromatic rings. The van der Waals surface area contributed by atoms with Crippen LogP contribution in [0.15, 0.2) is 6.07 Å². The second-order valence-electron chi connectivity index (χ2n) is 9.30. The van der Waals surface area contributed by atoms with Crippen molar-refractivity contribution in [2.24, 2.45) is 17.8 Å². The Morgan fingerprint density at radius 2 is 1.69 bits per heavy atom. The average molecular weight is 531 g/mol. The van der Waals surface area contributed by atoms with E-state index in [9.17, 15) is 24.6 Å². The first-order valence-corrected chi connectivity index (χ1v) is 12.1. The fourth-order valence-electron chi connectivity index (χ4n) is 5.04. The molecule has 0 spiro atoms. The SMILES string of the molecule is Cc1[nH]c(C(=O)N[C@H]2[C@@H]3CN(c4cc(C(=O)O)nc(N5CCC(C(=O)O)CC5)n4)C[C@@H]32)c(Cl)c1Cl.[LiH]. The van der Waals surface area contributed by atoms with E-state index >= 15 is 0 Å². The molecule has 0 unspecified atom stereocenters. The van der Waals surface area contributed by atoms with Gasteiger partial charge in [0.1, 0.15) is 11.5 Å². The van der Waals surface area contributed by atoms with Crippen molar-refractivity contribution < 1.29 is 24.6 Å². The molecule has 5 rings (SSSR count). The molecule has 4 heterocycles. The molecule has 14 heteroatoms. The molecule has 2 saturated heterocycles. The molecule has 36 heavy (non-hydrogen) atoms. The number of carboxylic acids is 2. The van der Waals surface area contributed by atoms with E-state index < -0.39 is 17.9 Å². The number of aromatic amines is 1. The zero-order chi connectivity index (χ0) is 25.0. The van der Waals surface area contributed by atoms with Gasteiger partial charge < -0.3 is 30.3 Å². The number of amides is 1. The van der Waals surface area contributed by atoms with Crippen molar-refractivity contribution in [3.8, 4) is 0 Å². The number of aromatic carboxylic acids is 1. The van der Waals surface area contributed by atoms with Crippen molar-refractivity contribution in [2.45, 2.75) is 25.8 Å². The van der Waals surface area contributed by atoms with Crippen LogP contribution >= 0.6 is 23.2 Å². The van der Waals surface area contributed by atoms with Crippen LogP contribution in [-0.2, 0) is 4.79 Å². The van der Waals surface area contributed by atoms with Gasteiger partial charge in [0.25, 0.3) is 5.91 Å². The van der Waals surface area contributed by atoms with Gasteiger partial charge in [-0.2, -0.15) is 4.98 Å². The van der Waals surface area contributed by atoms with Gasteiger partial charge in [-0.25, -0.2) is 9.78 Å². The van der Waals surface area contributed by atoms with Gasteiger partial charge >= 0.3 is 30.8 Å². The molecule has 3 atom stereocenters. The van der Waals surface area contributed by atoms with Gasteiger partial charge in [-0.1, -0.05) is 23.2 Å². The summed E-state index contributed by atoms with van der Waals surface area (Å²) in [4.78, 5) is 51.1. The summed E-state index contributed by atoms with van der Waals surface area (Å²) in [5.41, 5.74) is 0.767. The predicted octanol–water partition coefficient (Wildman–Crippen LogP) is 1.64. The third-order valence-corrected chi connectivity index (χ3v) is 8.09. The molecule has 1 amide bonds. The van der Waals surface area contributed by atoms with E-state index in [1.54, 1.807) is 6.92 Å². The van der Waals surface area contributed by atoms with E-state index in [-0.39, 0.29) is 59.1 Å². The third kappa shape index (κ3) is 4.90. The second-order valence-corrected chi connectivity index (χ2v) is 10.1. The van der Waals surface area contributed by atoms with Gasteiger partial charge in [-0.3, -0.25) is 9.59 Å². The Hall–Kier alpha value is -2.45. The second kappa shape index (κ2) is 10.1. The molecule has 0 bridgehead atoms. The number of anilines is 2. The number of nitrogens with one attached hydrogen (secondary N) is 2. The van der Waals surface area contributed by atoms with Crippen LogP contribution in [0.25, 0.3) is 0 Å². The van der Waals surface area contributed by atoms with Gasteiger partial charge in [-0.05, 0) is 19.8 Å². The Labute approximate surface area is 228 Å². The number of piperidine rings is 2. The van der Waals surface area contributed by atoms with Gasteiger partial charge in [0, 0.05) is 55.8 Å². The number of aryl methyl sites for hydroxylation is 1. The number of rotatable bonds is 6. The van der Waals surface area contributed by atoms with Crippen molar-refractivity contribution in [1.29, 1.82) is 0 Å². The summed E-state index contributed by atoms with van der Waals surface area (Å²) >= 11 is 12.2. The molecule has 2 aliphatic heterocycles. The number of carboxylic acid groups (broad SMARTS) is 2. The molecule has 1 aliphatic carbocycles. The zero-order valence-electron chi connectivity index (χ0n) is 18.8. The summed E-state index contributed by atoms with van der Waals surface area (Å²) in [6.45, 7) is 3.87. The van der Waals surface area contributed by atoms with Crippen LogP contribution in [0.3, 0.4) is 0 Å². The van der Waals surface area contributed by atoms with E-state index in [0.29, 0.717) is 61.5 Å². The maximum absolute atomic E-state index is 12.6. The molecular formula is C22H25Cl2LiN6O5. The molecule has 11 nitrogen and oxygen atoms in total. The standard InChI is InChI=1S/C22H24Cl2N6O5.Li.H/c1-9-15(23)16(24)18(25-9)19(31)28-17-11-7-30(8-12(11)17)14-6-13(21(34)35)26-22(27-14)29-4-2-10(3-5-29)20(32)33;;/h6,10-12,17,25H,2-5,7-8H2,1H3,(H,28,31)(H,32,33)(H,34,35);;/t11-,12+,17+;;. The van der Waals surface area contributed by atoms with E-state index in [2.05, 4.69) is 20.3 Å². The van der Waals surface area contributed by atoms with Gasteiger partial charge in [-0.15, -0.1) is 0 Å². The molecule has 3 aliphatic rings. The number of aliphatic carboxylic acids is 1. The number of aromatic nitrogens is 3. The molecule has 3 fully saturated rings. The van der Waals surface area contributed by atoms with Gasteiger partial charge in [0.2, 0.25) is 5.95 Å². The van der Waals surface area contributed by atoms with Crippen LogP contribution in [0.5, 0.6) is 0 Å². The fourth-order valence-corrected chi connectivity index (χ4v) is 5.46. The maximum atomic E-state index is 12.6. The van der Waals surface area contributed by atoms with E-state index in [0.717, 1.165) is 0 Å². The molecule has 1 saturated carbocycles. The quantitative estimate of drug-likeness (QED) is 0.408. The first-order chi connectivity index (χ1) is 16.6. The number of H-pyrrole nitrogens is 1. The number of carbonyl (C=O) groups excluding carboxylic acids is 1. The number of hydrogen-bond donors (Lipinski definition) is 4. The van der Waals surface area contributed by atoms with E-state index in [1.807, 2.05) is 9.80 Å². The molecule has 4 N–H and O–H groups in total. The minimum atomic E-state index is -1.15. The minimum absolute atomic E-state index is 0. The van der Waals surface area contributed by atoms with Gasteiger partial charge in [0.05, 0.1) is 16.0 Å². The van der Waals surface area contributed by atoms with Crippen LogP contribution in [0.2, 0.25) is 10.0 Å². The number of carbonyl (C=O) groups is 3. The predicted molar refractivity (Wildman–Crippen MR) is 135 cm³/mol. The van der Waals surface area contributed by atoms with Crippen LogP contribution in [0.4, 0.5) is 11.8 Å². The summed E-state index contributed by atoms with van der Waals surface area (Å²) in [7, 11) is 0. The molecule has 2 aromatic heterocycles. The first kappa shape index (κ1) is 26.6. The summed E-state index contributed by atoms with van der Waals surface area (Å²) < 4.78 is 0. The third-order valence-electron chi connectivity index (χ3n) is 7.14. The average Bonchev–Trinajstić information content (AvgIpc) is 3.15. The van der Waals surface area contributed by atoms with Crippen molar-refractivity contribution in [3.05, 3.63) is 33.2 Å². The molecule has 0 aromatic carbocycles.